The van der Waals surface area contributed by atoms with Gasteiger partial charge < -0.3 is 10.2 Å². The first-order chi connectivity index (χ1) is 9.70. The number of hydrogen-bond donors (Lipinski definition) is 2. The van der Waals surface area contributed by atoms with Crippen LogP contribution in [0.1, 0.15) is 77.0 Å². The Hall–Kier alpha value is -0.0800. The molecule has 3 fully saturated rings. The summed E-state index contributed by atoms with van der Waals surface area (Å²) in [7, 11) is 0. The van der Waals surface area contributed by atoms with Gasteiger partial charge in [0.2, 0.25) is 0 Å². The molecule has 0 aromatic rings. The van der Waals surface area contributed by atoms with Crippen molar-refractivity contribution in [1.82, 2.24) is 0 Å². The first-order valence-corrected chi connectivity index (χ1v) is 9.07. The molecule has 0 saturated heterocycles. The summed E-state index contributed by atoms with van der Waals surface area (Å²) in [4.78, 5) is 0. The molecular formula is C18H32O2. The predicted octanol–water partition coefficient (Wildman–Crippen LogP) is 3.90. The third-order valence-electron chi connectivity index (χ3n) is 6.49. The Kier molecular flexibility index (Phi) is 5.04. The minimum atomic E-state index is -0.00430. The van der Waals surface area contributed by atoms with Crippen LogP contribution in [-0.4, -0.2) is 22.4 Å². The van der Waals surface area contributed by atoms with Gasteiger partial charge in [-0.1, -0.05) is 19.3 Å². The summed E-state index contributed by atoms with van der Waals surface area (Å²) in [5.74, 6) is 3.60. The minimum Gasteiger partial charge on any atom is -0.393 e. The highest BCUT2D eigenvalue weighted by molar-refractivity contribution is 4.86. The van der Waals surface area contributed by atoms with E-state index in [1.54, 1.807) is 0 Å². The van der Waals surface area contributed by atoms with Crippen LogP contribution in [0.5, 0.6) is 0 Å². The van der Waals surface area contributed by atoms with Crippen molar-refractivity contribution in [3.05, 3.63) is 0 Å². The monoisotopic (exact) mass is 280 g/mol. The Morgan fingerprint density at radius 3 is 1.90 bits per heavy atom. The Morgan fingerprint density at radius 2 is 1.10 bits per heavy atom. The van der Waals surface area contributed by atoms with Crippen LogP contribution in [0.4, 0.5) is 0 Å². The first kappa shape index (κ1) is 14.8. The molecule has 3 aliphatic rings. The van der Waals surface area contributed by atoms with Crippen LogP contribution in [0, 0.1) is 23.7 Å². The molecule has 4 atom stereocenters. The molecule has 4 unspecified atom stereocenters. The van der Waals surface area contributed by atoms with E-state index in [0.29, 0.717) is 0 Å². The van der Waals surface area contributed by atoms with Crippen molar-refractivity contribution < 1.29 is 10.2 Å². The molecule has 20 heavy (non-hydrogen) atoms. The zero-order chi connectivity index (χ0) is 13.9. The van der Waals surface area contributed by atoms with Gasteiger partial charge in [-0.05, 0) is 81.5 Å². The number of hydrogen-bond acceptors (Lipinski definition) is 2. The van der Waals surface area contributed by atoms with Crippen LogP contribution in [0.3, 0.4) is 0 Å². The van der Waals surface area contributed by atoms with Gasteiger partial charge in [-0.3, -0.25) is 0 Å². The summed E-state index contributed by atoms with van der Waals surface area (Å²) in [6.45, 7) is 0. The zero-order valence-electron chi connectivity index (χ0n) is 12.8. The van der Waals surface area contributed by atoms with Crippen LogP contribution in [0.25, 0.3) is 0 Å². The van der Waals surface area contributed by atoms with E-state index in [2.05, 4.69) is 0 Å². The Balaban J connectivity index is 1.39. The van der Waals surface area contributed by atoms with Crippen LogP contribution in [0.15, 0.2) is 0 Å². The van der Waals surface area contributed by atoms with Crippen LogP contribution in [0.2, 0.25) is 0 Å². The number of fused-ring (bicyclic) bond motifs is 1. The van der Waals surface area contributed by atoms with Gasteiger partial charge in [-0.15, -0.1) is 0 Å². The lowest BCUT2D eigenvalue weighted by Gasteiger charge is -2.41. The minimum absolute atomic E-state index is 0.00136. The standard InChI is InChI=1S/C18H32O2/c19-17-8-4-13(5-9-17)1-2-14-3-6-16-12-18(20)10-7-15(16)11-14/h13-20H,1-12H2. The lowest BCUT2D eigenvalue weighted by molar-refractivity contribution is 0.0321. The van der Waals surface area contributed by atoms with Gasteiger partial charge >= 0.3 is 0 Å². The molecule has 2 heteroatoms. The number of aliphatic hydroxyl groups excluding tert-OH is 2. The topological polar surface area (TPSA) is 40.5 Å². The molecular weight excluding hydrogens is 248 g/mol. The van der Waals surface area contributed by atoms with Crippen LogP contribution < -0.4 is 0 Å². The van der Waals surface area contributed by atoms with Gasteiger partial charge in [0.05, 0.1) is 12.2 Å². The quantitative estimate of drug-likeness (QED) is 0.823. The summed E-state index contributed by atoms with van der Waals surface area (Å²) in [5.41, 5.74) is 0. The molecule has 116 valence electrons. The summed E-state index contributed by atoms with van der Waals surface area (Å²) in [6.07, 6.45) is 15.0. The summed E-state index contributed by atoms with van der Waals surface area (Å²) < 4.78 is 0. The van der Waals surface area contributed by atoms with Crippen molar-refractivity contribution in [1.29, 1.82) is 0 Å². The fourth-order valence-electron chi connectivity index (χ4n) is 5.13. The van der Waals surface area contributed by atoms with E-state index in [9.17, 15) is 10.2 Å². The predicted molar refractivity (Wildman–Crippen MR) is 81.4 cm³/mol. The van der Waals surface area contributed by atoms with Crippen molar-refractivity contribution in [2.75, 3.05) is 0 Å². The highest BCUT2D eigenvalue weighted by atomic mass is 16.3. The van der Waals surface area contributed by atoms with Gasteiger partial charge in [-0.25, -0.2) is 0 Å². The molecule has 0 aromatic carbocycles. The molecule has 0 amide bonds. The third kappa shape index (κ3) is 3.76. The third-order valence-corrected chi connectivity index (χ3v) is 6.49. The molecule has 3 aliphatic carbocycles. The molecule has 2 N–H and O–H groups in total. The van der Waals surface area contributed by atoms with E-state index >= 15 is 0 Å². The fraction of sp³-hybridized carbons (Fsp3) is 1.00. The molecule has 2 nitrogen and oxygen atoms in total. The maximum atomic E-state index is 9.79. The van der Waals surface area contributed by atoms with Gasteiger partial charge in [0, 0.05) is 0 Å². The second kappa shape index (κ2) is 6.79. The molecule has 0 aromatic heterocycles. The van der Waals surface area contributed by atoms with Crippen LogP contribution in [-0.2, 0) is 0 Å². The molecule has 0 heterocycles. The highest BCUT2D eigenvalue weighted by Gasteiger charge is 2.35. The molecule has 0 aliphatic heterocycles. The Bertz CT molecular complexity index is 296. The number of aliphatic hydroxyl groups is 2. The second-order valence-electron chi connectivity index (χ2n) is 7.92. The van der Waals surface area contributed by atoms with Crippen molar-refractivity contribution in [2.24, 2.45) is 23.7 Å². The average Bonchev–Trinajstić information content (AvgIpc) is 2.46. The van der Waals surface area contributed by atoms with E-state index in [4.69, 9.17) is 0 Å². The lowest BCUT2D eigenvalue weighted by Crippen LogP contribution is -2.33. The van der Waals surface area contributed by atoms with E-state index in [0.717, 1.165) is 49.4 Å². The molecule has 0 bridgehead atoms. The fourth-order valence-corrected chi connectivity index (χ4v) is 5.13. The normalized spacial score (nSPS) is 45.9. The Morgan fingerprint density at radius 1 is 0.550 bits per heavy atom. The van der Waals surface area contributed by atoms with Crippen molar-refractivity contribution in [3.8, 4) is 0 Å². The van der Waals surface area contributed by atoms with Crippen molar-refractivity contribution in [3.63, 3.8) is 0 Å². The largest absolute Gasteiger partial charge is 0.393 e. The smallest absolute Gasteiger partial charge is 0.0543 e. The van der Waals surface area contributed by atoms with Gasteiger partial charge in [-0.2, -0.15) is 0 Å². The Labute approximate surface area is 124 Å². The van der Waals surface area contributed by atoms with E-state index in [-0.39, 0.29) is 12.2 Å². The lowest BCUT2D eigenvalue weighted by atomic mass is 9.65. The first-order valence-electron chi connectivity index (χ1n) is 9.07. The van der Waals surface area contributed by atoms with Gasteiger partial charge in [0.15, 0.2) is 0 Å². The molecule has 3 saturated carbocycles. The average molecular weight is 280 g/mol. The van der Waals surface area contributed by atoms with Crippen LogP contribution >= 0.6 is 0 Å². The van der Waals surface area contributed by atoms with E-state index < -0.39 is 0 Å². The highest BCUT2D eigenvalue weighted by Crippen LogP contribution is 2.44. The zero-order valence-corrected chi connectivity index (χ0v) is 12.8. The molecule has 0 spiro atoms. The van der Waals surface area contributed by atoms with E-state index in [1.807, 2.05) is 0 Å². The van der Waals surface area contributed by atoms with E-state index in [1.165, 1.54) is 51.4 Å². The maximum Gasteiger partial charge on any atom is 0.0543 e. The maximum absolute atomic E-state index is 9.79. The second-order valence-corrected chi connectivity index (χ2v) is 7.92. The number of rotatable bonds is 3. The van der Waals surface area contributed by atoms with Gasteiger partial charge in [0.25, 0.3) is 0 Å². The van der Waals surface area contributed by atoms with Crippen molar-refractivity contribution >= 4 is 0 Å². The van der Waals surface area contributed by atoms with Gasteiger partial charge in [0.1, 0.15) is 0 Å². The van der Waals surface area contributed by atoms with Crippen molar-refractivity contribution in [2.45, 2.75) is 89.3 Å². The molecule has 0 radical (unpaired) electrons. The SMILES string of the molecule is OC1CCC(CCC2CCC3CC(O)CCC3C2)CC1. The summed E-state index contributed by atoms with van der Waals surface area (Å²) in [6, 6.07) is 0. The summed E-state index contributed by atoms with van der Waals surface area (Å²) in [5, 5.41) is 19.4. The molecule has 3 rings (SSSR count). The summed E-state index contributed by atoms with van der Waals surface area (Å²) >= 11 is 0.